The van der Waals surface area contributed by atoms with Gasteiger partial charge < -0.3 is 29.3 Å². The minimum absolute atomic E-state index is 0.164. The highest BCUT2D eigenvalue weighted by Gasteiger charge is 2.27. The third-order valence-electron chi connectivity index (χ3n) is 6.39. The Morgan fingerprint density at radius 3 is 2.17 bits per heavy atom. The number of rotatable bonds is 5. The molecular formula is C24H33N5O7. The normalized spacial score (nSPS) is 16.8. The van der Waals surface area contributed by atoms with E-state index in [1.165, 1.54) is 5.52 Å². The van der Waals surface area contributed by atoms with Gasteiger partial charge in [-0.2, -0.15) is 0 Å². The van der Waals surface area contributed by atoms with E-state index < -0.39 is 11.9 Å². The number of piperazine rings is 1. The topological polar surface area (TPSA) is 146 Å². The Balaban J connectivity index is 0.000000538. The number of nitrogens with zero attached hydrogens (tertiary/aromatic N) is 5. The van der Waals surface area contributed by atoms with Crippen molar-refractivity contribution < 1.29 is 34.1 Å². The van der Waals surface area contributed by atoms with Gasteiger partial charge in [0.25, 0.3) is 0 Å². The molecule has 2 aromatic rings. The number of carboxylic acid groups (broad SMARTS) is 2. The Bertz CT molecular complexity index is 1040. The largest absolute Gasteiger partial charge is 0.473 e. The summed E-state index contributed by atoms with van der Waals surface area (Å²) in [5.74, 6) is -2.87. The number of para-hydroxylation sites is 2. The molecule has 3 heterocycles. The van der Waals surface area contributed by atoms with E-state index in [-0.39, 0.29) is 12.0 Å². The van der Waals surface area contributed by atoms with Crippen LogP contribution in [0, 0.1) is 5.92 Å². The van der Waals surface area contributed by atoms with Crippen LogP contribution in [-0.2, 0) is 25.7 Å². The third kappa shape index (κ3) is 7.41. The lowest BCUT2D eigenvalue weighted by Gasteiger charge is -2.36. The fourth-order valence-electron chi connectivity index (χ4n) is 4.41. The van der Waals surface area contributed by atoms with Crippen LogP contribution in [0.2, 0.25) is 0 Å². The standard InChI is InChI=1S/C22H31N5O3.C2H2O4/c1-2-30-22(29)26-13-11-25(12-14-26)21(28)16-24-9-7-18(8-10-24)15-27-17-23-19-5-3-4-6-20(19)27;3-1(4)2(5)6/h3-6,17-18H,2,7-16H2,1H3;(H,3,4)(H,5,6). The van der Waals surface area contributed by atoms with Crippen LogP contribution in [0.3, 0.4) is 0 Å². The van der Waals surface area contributed by atoms with Gasteiger partial charge in [0.2, 0.25) is 5.91 Å². The van der Waals surface area contributed by atoms with Gasteiger partial charge >= 0.3 is 18.0 Å². The van der Waals surface area contributed by atoms with Crippen LogP contribution < -0.4 is 0 Å². The highest BCUT2D eigenvalue weighted by atomic mass is 16.6. The van der Waals surface area contributed by atoms with E-state index in [9.17, 15) is 9.59 Å². The fourth-order valence-corrected chi connectivity index (χ4v) is 4.41. The molecule has 4 rings (SSSR count). The molecule has 2 amide bonds. The zero-order valence-electron chi connectivity index (χ0n) is 20.4. The van der Waals surface area contributed by atoms with E-state index in [1.54, 1.807) is 11.8 Å². The summed E-state index contributed by atoms with van der Waals surface area (Å²) in [5, 5.41) is 14.8. The van der Waals surface area contributed by atoms with Crippen LogP contribution in [0.1, 0.15) is 19.8 Å². The molecule has 0 bridgehead atoms. The summed E-state index contributed by atoms with van der Waals surface area (Å²) in [7, 11) is 0. The van der Waals surface area contributed by atoms with Crippen molar-refractivity contribution in [2.24, 2.45) is 5.92 Å². The monoisotopic (exact) mass is 503 g/mol. The zero-order valence-corrected chi connectivity index (χ0v) is 20.4. The van der Waals surface area contributed by atoms with E-state index in [0.717, 1.165) is 38.0 Å². The summed E-state index contributed by atoms with van der Waals surface area (Å²) in [6, 6.07) is 8.25. The second-order valence-electron chi connectivity index (χ2n) is 8.78. The van der Waals surface area contributed by atoms with E-state index in [0.29, 0.717) is 45.2 Å². The number of amides is 2. The molecule has 2 fully saturated rings. The predicted molar refractivity (Wildman–Crippen MR) is 129 cm³/mol. The van der Waals surface area contributed by atoms with Crippen molar-refractivity contribution in [3.8, 4) is 0 Å². The number of hydrogen-bond donors (Lipinski definition) is 2. The second kappa shape index (κ2) is 12.9. The molecule has 12 heteroatoms. The first-order valence-electron chi connectivity index (χ1n) is 12.1. The van der Waals surface area contributed by atoms with E-state index in [2.05, 4.69) is 26.6 Å². The van der Waals surface area contributed by atoms with Gasteiger partial charge in [-0.15, -0.1) is 0 Å². The molecule has 1 aromatic heterocycles. The molecule has 0 aliphatic carbocycles. The predicted octanol–water partition coefficient (Wildman–Crippen LogP) is 1.20. The number of carboxylic acids is 2. The molecule has 36 heavy (non-hydrogen) atoms. The minimum atomic E-state index is -1.82. The number of likely N-dealkylation sites (tertiary alicyclic amines) is 1. The first kappa shape index (κ1) is 26.9. The maximum absolute atomic E-state index is 12.7. The lowest BCUT2D eigenvalue weighted by molar-refractivity contribution is -0.159. The minimum Gasteiger partial charge on any atom is -0.473 e. The van der Waals surface area contributed by atoms with Gasteiger partial charge in [0.15, 0.2) is 0 Å². The van der Waals surface area contributed by atoms with Crippen molar-refractivity contribution in [1.82, 2.24) is 24.3 Å². The molecule has 0 radical (unpaired) electrons. The van der Waals surface area contributed by atoms with Gasteiger partial charge in [0.05, 0.1) is 30.5 Å². The quantitative estimate of drug-likeness (QED) is 0.575. The average molecular weight is 504 g/mol. The molecule has 0 saturated carbocycles. The van der Waals surface area contributed by atoms with Crippen molar-refractivity contribution in [1.29, 1.82) is 0 Å². The molecule has 0 spiro atoms. The fraction of sp³-hybridized carbons (Fsp3) is 0.542. The number of piperidine rings is 1. The molecular weight excluding hydrogens is 470 g/mol. The Hall–Kier alpha value is -3.67. The lowest BCUT2D eigenvalue weighted by Crippen LogP contribution is -2.53. The molecule has 2 N–H and O–H groups in total. The number of carbonyl (C=O) groups is 4. The molecule has 2 aliphatic heterocycles. The Labute approximate surface area is 209 Å². The first-order valence-corrected chi connectivity index (χ1v) is 12.1. The van der Waals surface area contributed by atoms with Crippen molar-refractivity contribution >= 4 is 35.0 Å². The Morgan fingerprint density at radius 2 is 1.56 bits per heavy atom. The van der Waals surface area contributed by atoms with Crippen LogP contribution >= 0.6 is 0 Å². The van der Waals surface area contributed by atoms with Crippen LogP contribution in [0.4, 0.5) is 4.79 Å². The number of aliphatic carboxylic acids is 2. The second-order valence-corrected chi connectivity index (χ2v) is 8.78. The summed E-state index contributed by atoms with van der Waals surface area (Å²) in [6.07, 6.45) is 3.85. The van der Waals surface area contributed by atoms with E-state index in [1.807, 2.05) is 23.4 Å². The third-order valence-corrected chi connectivity index (χ3v) is 6.39. The summed E-state index contributed by atoms with van der Waals surface area (Å²) >= 11 is 0. The van der Waals surface area contributed by atoms with Crippen LogP contribution in [0.5, 0.6) is 0 Å². The molecule has 0 atom stereocenters. The molecule has 12 nitrogen and oxygen atoms in total. The number of benzene rings is 1. The first-order chi connectivity index (χ1) is 17.3. The molecule has 196 valence electrons. The maximum atomic E-state index is 12.7. The molecule has 2 saturated heterocycles. The number of imidazole rings is 1. The van der Waals surface area contributed by atoms with Crippen LogP contribution in [0.15, 0.2) is 30.6 Å². The summed E-state index contributed by atoms with van der Waals surface area (Å²) < 4.78 is 7.29. The molecule has 0 unspecified atom stereocenters. The smallest absolute Gasteiger partial charge is 0.414 e. The average Bonchev–Trinajstić information content (AvgIpc) is 3.28. The molecule has 1 aromatic carbocycles. The highest BCUT2D eigenvalue weighted by Crippen LogP contribution is 2.22. The summed E-state index contributed by atoms with van der Waals surface area (Å²) in [5.41, 5.74) is 2.24. The number of ether oxygens (including phenoxy) is 1. The van der Waals surface area contributed by atoms with Gasteiger partial charge in [-0.1, -0.05) is 12.1 Å². The summed E-state index contributed by atoms with van der Waals surface area (Å²) in [6.45, 7) is 7.81. The number of fused-ring (bicyclic) bond motifs is 1. The number of aromatic nitrogens is 2. The van der Waals surface area contributed by atoms with Crippen molar-refractivity contribution in [2.45, 2.75) is 26.3 Å². The van der Waals surface area contributed by atoms with Gasteiger partial charge in [0, 0.05) is 32.7 Å². The van der Waals surface area contributed by atoms with E-state index in [4.69, 9.17) is 24.5 Å². The number of hydrogen-bond acceptors (Lipinski definition) is 7. The Morgan fingerprint density at radius 1 is 0.944 bits per heavy atom. The van der Waals surface area contributed by atoms with Crippen LogP contribution in [0.25, 0.3) is 11.0 Å². The van der Waals surface area contributed by atoms with Crippen molar-refractivity contribution in [3.05, 3.63) is 30.6 Å². The van der Waals surface area contributed by atoms with Gasteiger partial charge in [-0.05, 0) is 50.9 Å². The zero-order chi connectivity index (χ0) is 26.1. The van der Waals surface area contributed by atoms with Crippen LogP contribution in [-0.4, -0.2) is 111 Å². The lowest BCUT2D eigenvalue weighted by atomic mass is 9.96. The van der Waals surface area contributed by atoms with Crippen molar-refractivity contribution in [2.75, 3.05) is 52.4 Å². The van der Waals surface area contributed by atoms with Gasteiger partial charge in [-0.25, -0.2) is 19.4 Å². The highest BCUT2D eigenvalue weighted by molar-refractivity contribution is 6.27. The van der Waals surface area contributed by atoms with E-state index >= 15 is 0 Å². The maximum Gasteiger partial charge on any atom is 0.414 e. The van der Waals surface area contributed by atoms with Crippen molar-refractivity contribution in [3.63, 3.8) is 0 Å². The summed E-state index contributed by atoms with van der Waals surface area (Å²) in [4.78, 5) is 53.0. The van der Waals surface area contributed by atoms with Gasteiger partial charge in [0.1, 0.15) is 0 Å². The number of carbonyl (C=O) groups excluding carboxylic acids is 2. The Kier molecular flexibility index (Phi) is 9.62. The SMILES string of the molecule is CCOC(=O)N1CCN(C(=O)CN2CCC(Cn3cnc4ccccc43)CC2)CC1.O=C(O)C(=O)O. The molecule has 2 aliphatic rings. The van der Waals surface area contributed by atoms with Gasteiger partial charge in [-0.3, -0.25) is 9.69 Å².